The summed E-state index contributed by atoms with van der Waals surface area (Å²) in [6, 6.07) is 14.4. The lowest BCUT2D eigenvalue weighted by Crippen LogP contribution is -2.32. The molecule has 2 aromatic rings. The molecule has 1 N–H and O–H groups in total. The van der Waals surface area contributed by atoms with Crippen molar-refractivity contribution in [2.24, 2.45) is 4.40 Å². The average Bonchev–Trinajstić information content (AvgIpc) is 2.57. The van der Waals surface area contributed by atoms with Gasteiger partial charge in [0.15, 0.2) is 0 Å². The summed E-state index contributed by atoms with van der Waals surface area (Å²) in [6.07, 6.45) is 1.25. The lowest BCUT2D eigenvalue weighted by Gasteiger charge is -2.23. The van der Waals surface area contributed by atoms with Gasteiger partial charge in [-0.25, -0.2) is 4.39 Å². The number of anilines is 1. The number of carbonyl (C=O) groups is 1. The summed E-state index contributed by atoms with van der Waals surface area (Å²) in [5.41, 5.74) is 1.20. The molecular formula is C18H16FN3O3S. The van der Waals surface area contributed by atoms with Gasteiger partial charge >= 0.3 is 10.2 Å². The zero-order valence-electron chi connectivity index (χ0n) is 13.9. The molecule has 1 amide bonds. The standard InChI is InChI=1S/C18H16FN3O3S/c1-13-17(18(23)20-16-9-5-8-15(19)10-16)12-22(26(24,25)21-13)11-14-6-3-2-4-7-14/h2-10,12H,11H2,1H3,(H,20,23). The van der Waals surface area contributed by atoms with Crippen molar-refractivity contribution >= 4 is 27.5 Å². The molecule has 0 saturated carbocycles. The normalized spacial score (nSPS) is 15.8. The Morgan fingerprint density at radius 3 is 2.58 bits per heavy atom. The molecule has 3 rings (SSSR count). The summed E-state index contributed by atoms with van der Waals surface area (Å²) in [7, 11) is -3.91. The van der Waals surface area contributed by atoms with Crippen LogP contribution in [0.25, 0.3) is 0 Å². The van der Waals surface area contributed by atoms with Gasteiger partial charge in [0.25, 0.3) is 5.91 Å². The van der Waals surface area contributed by atoms with Crippen LogP contribution >= 0.6 is 0 Å². The largest absolute Gasteiger partial charge is 0.344 e. The Morgan fingerprint density at radius 2 is 1.88 bits per heavy atom. The van der Waals surface area contributed by atoms with Gasteiger partial charge in [-0.3, -0.25) is 9.10 Å². The molecule has 0 saturated heterocycles. The van der Waals surface area contributed by atoms with Crippen molar-refractivity contribution < 1.29 is 17.6 Å². The van der Waals surface area contributed by atoms with E-state index in [1.807, 2.05) is 6.07 Å². The third kappa shape index (κ3) is 3.97. The third-order valence-corrected chi connectivity index (χ3v) is 5.05. The van der Waals surface area contributed by atoms with E-state index in [1.54, 1.807) is 24.3 Å². The van der Waals surface area contributed by atoms with Crippen LogP contribution in [0.2, 0.25) is 0 Å². The average molecular weight is 373 g/mol. The zero-order valence-corrected chi connectivity index (χ0v) is 14.7. The predicted octanol–water partition coefficient (Wildman–Crippen LogP) is 2.87. The summed E-state index contributed by atoms with van der Waals surface area (Å²) in [5.74, 6) is -1.05. The number of nitrogens with zero attached hydrogens (tertiary/aromatic N) is 2. The van der Waals surface area contributed by atoms with Crippen molar-refractivity contribution in [3.63, 3.8) is 0 Å². The maximum atomic E-state index is 13.3. The molecule has 26 heavy (non-hydrogen) atoms. The molecule has 0 aromatic heterocycles. The Morgan fingerprint density at radius 1 is 1.15 bits per heavy atom. The first-order valence-corrected chi connectivity index (χ1v) is 9.16. The van der Waals surface area contributed by atoms with Crippen LogP contribution in [-0.2, 0) is 21.5 Å². The van der Waals surface area contributed by atoms with Crippen molar-refractivity contribution in [2.45, 2.75) is 13.5 Å². The number of hydrogen-bond donors (Lipinski definition) is 1. The predicted molar refractivity (Wildman–Crippen MR) is 97.1 cm³/mol. The number of halogens is 1. The molecule has 0 bridgehead atoms. The monoisotopic (exact) mass is 373 g/mol. The lowest BCUT2D eigenvalue weighted by molar-refractivity contribution is -0.112. The van der Waals surface area contributed by atoms with E-state index < -0.39 is 21.9 Å². The van der Waals surface area contributed by atoms with Crippen LogP contribution in [0.5, 0.6) is 0 Å². The highest BCUT2D eigenvalue weighted by Gasteiger charge is 2.28. The van der Waals surface area contributed by atoms with Crippen molar-refractivity contribution in [1.82, 2.24) is 4.31 Å². The van der Waals surface area contributed by atoms with Gasteiger partial charge in [0.05, 0.1) is 17.8 Å². The fraction of sp³-hybridized carbons (Fsp3) is 0.111. The van der Waals surface area contributed by atoms with Gasteiger partial charge in [-0.05, 0) is 30.7 Å². The molecule has 0 radical (unpaired) electrons. The highest BCUT2D eigenvalue weighted by atomic mass is 32.2. The quantitative estimate of drug-likeness (QED) is 0.895. The van der Waals surface area contributed by atoms with Crippen molar-refractivity contribution in [2.75, 3.05) is 5.32 Å². The van der Waals surface area contributed by atoms with Crippen molar-refractivity contribution in [1.29, 1.82) is 0 Å². The maximum absolute atomic E-state index is 13.3. The fourth-order valence-electron chi connectivity index (χ4n) is 2.46. The van der Waals surface area contributed by atoms with Crippen LogP contribution in [0, 0.1) is 5.82 Å². The van der Waals surface area contributed by atoms with Crippen molar-refractivity contribution in [3.05, 3.63) is 77.8 Å². The molecule has 8 heteroatoms. The minimum absolute atomic E-state index is 0.0523. The maximum Gasteiger partial charge on any atom is 0.344 e. The molecule has 1 aliphatic heterocycles. The van der Waals surface area contributed by atoms with Gasteiger partial charge in [0.1, 0.15) is 5.82 Å². The minimum atomic E-state index is -3.91. The second-order valence-electron chi connectivity index (χ2n) is 5.69. The molecule has 0 aliphatic carbocycles. The Hall–Kier alpha value is -3.00. The molecule has 134 valence electrons. The van der Waals surface area contributed by atoms with Gasteiger partial charge in [0, 0.05) is 11.9 Å². The number of carbonyl (C=O) groups excluding carboxylic acids is 1. The topological polar surface area (TPSA) is 78.8 Å². The van der Waals surface area contributed by atoms with Gasteiger partial charge in [0.2, 0.25) is 0 Å². The molecule has 0 atom stereocenters. The summed E-state index contributed by atoms with van der Waals surface area (Å²) in [5, 5.41) is 2.55. The molecule has 6 nitrogen and oxygen atoms in total. The molecule has 0 unspecified atom stereocenters. The van der Waals surface area contributed by atoms with E-state index in [9.17, 15) is 17.6 Å². The number of amides is 1. The molecule has 0 spiro atoms. The molecule has 0 fully saturated rings. The number of nitrogens with one attached hydrogen (secondary N) is 1. The summed E-state index contributed by atoms with van der Waals surface area (Å²) >= 11 is 0. The first kappa shape index (κ1) is 17.8. The van der Waals surface area contributed by atoms with E-state index in [4.69, 9.17) is 0 Å². The minimum Gasteiger partial charge on any atom is -0.322 e. The van der Waals surface area contributed by atoms with Crippen LogP contribution < -0.4 is 5.32 Å². The molecular weight excluding hydrogens is 357 g/mol. The van der Waals surface area contributed by atoms with E-state index in [0.29, 0.717) is 0 Å². The van der Waals surface area contributed by atoms with E-state index in [0.717, 1.165) is 9.87 Å². The van der Waals surface area contributed by atoms with Crippen molar-refractivity contribution in [3.8, 4) is 0 Å². The van der Waals surface area contributed by atoms with E-state index in [-0.39, 0.29) is 23.5 Å². The Bertz CT molecular complexity index is 1000. The summed E-state index contributed by atoms with van der Waals surface area (Å²) in [4.78, 5) is 12.5. The lowest BCUT2D eigenvalue weighted by atomic mass is 10.1. The first-order chi connectivity index (χ1) is 12.3. The van der Waals surface area contributed by atoms with E-state index >= 15 is 0 Å². The third-order valence-electron chi connectivity index (χ3n) is 3.72. The number of hydrogen-bond acceptors (Lipinski definition) is 3. The second-order valence-corrected chi connectivity index (χ2v) is 7.24. The van der Waals surface area contributed by atoms with E-state index in [2.05, 4.69) is 9.71 Å². The Labute approximate surface area is 150 Å². The highest BCUT2D eigenvalue weighted by Crippen LogP contribution is 2.21. The number of benzene rings is 2. The van der Waals surface area contributed by atoms with Gasteiger partial charge in [-0.1, -0.05) is 36.4 Å². The SMILES string of the molecule is CC1=NS(=O)(=O)N(Cc2ccccc2)C=C1C(=O)Nc1cccc(F)c1. The summed E-state index contributed by atoms with van der Waals surface area (Å²) < 4.78 is 42.5. The van der Waals surface area contributed by atoms with Gasteiger partial charge < -0.3 is 5.32 Å². The first-order valence-electron chi connectivity index (χ1n) is 7.76. The Kier molecular flexibility index (Phi) is 4.85. The molecule has 1 aliphatic rings. The molecule has 2 aromatic carbocycles. The smallest absolute Gasteiger partial charge is 0.322 e. The highest BCUT2D eigenvalue weighted by molar-refractivity contribution is 7.88. The van der Waals surface area contributed by atoms with Gasteiger partial charge in [-0.15, -0.1) is 4.40 Å². The van der Waals surface area contributed by atoms with Crippen LogP contribution in [0.1, 0.15) is 12.5 Å². The zero-order chi connectivity index (χ0) is 18.7. The summed E-state index contributed by atoms with van der Waals surface area (Å²) in [6.45, 7) is 1.49. The number of rotatable bonds is 4. The van der Waals surface area contributed by atoms with Crippen LogP contribution in [0.15, 0.2) is 70.8 Å². The second kappa shape index (κ2) is 7.09. The molecule has 1 heterocycles. The fourth-order valence-corrected chi connectivity index (χ4v) is 3.56. The van der Waals surface area contributed by atoms with Gasteiger partial charge in [-0.2, -0.15) is 8.42 Å². The Balaban J connectivity index is 1.87. The van der Waals surface area contributed by atoms with Crippen LogP contribution in [0.3, 0.4) is 0 Å². The van der Waals surface area contributed by atoms with Crippen LogP contribution in [0.4, 0.5) is 10.1 Å². The van der Waals surface area contributed by atoms with Crippen LogP contribution in [-0.4, -0.2) is 24.3 Å². The van der Waals surface area contributed by atoms with E-state index in [1.165, 1.54) is 37.4 Å².